The largest absolute Gasteiger partial charge is 0.394 e. The van der Waals surface area contributed by atoms with Crippen LogP contribution >= 0.6 is 0 Å². The van der Waals surface area contributed by atoms with Gasteiger partial charge in [0, 0.05) is 6.61 Å². The molecule has 4 nitrogen and oxygen atoms in total. The Morgan fingerprint density at radius 2 is 2.15 bits per heavy atom. The van der Waals surface area contributed by atoms with Crippen LogP contribution in [0.5, 0.6) is 0 Å². The molecule has 2 unspecified atom stereocenters. The Morgan fingerprint density at radius 1 is 1.46 bits per heavy atom. The second kappa shape index (κ2) is 8.02. The highest BCUT2D eigenvalue weighted by Crippen LogP contribution is 1.93. The standard InChI is InChI=1S/C9H16O4/c1-3-8(11)6-12-7-9(5-10)13-4-2/h1,8-11H,4-7H2,2H3. The van der Waals surface area contributed by atoms with E-state index in [0.717, 1.165) is 0 Å². The highest BCUT2D eigenvalue weighted by molar-refractivity contribution is 4.92. The molecule has 0 aliphatic heterocycles. The second-order valence-corrected chi connectivity index (χ2v) is 2.48. The molecule has 4 heteroatoms. The molecule has 0 amide bonds. The third-order valence-corrected chi connectivity index (χ3v) is 1.38. The third kappa shape index (κ3) is 6.55. The van der Waals surface area contributed by atoms with Gasteiger partial charge in [-0.2, -0.15) is 0 Å². The van der Waals surface area contributed by atoms with Gasteiger partial charge in [0.1, 0.15) is 12.2 Å². The van der Waals surface area contributed by atoms with Crippen LogP contribution in [-0.4, -0.2) is 48.8 Å². The molecule has 0 saturated carbocycles. The number of ether oxygens (including phenoxy) is 2. The normalized spacial score (nSPS) is 14.9. The van der Waals surface area contributed by atoms with Crippen molar-refractivity contribution in [2.75, 3.05) is 26.4 Å². The summed E-state index contributed by atoms with van der Waals surface area (Å²) < 4.78 is 10.1. The van der Waals surface area contributed by atoms with Crippen LogP contribution in [0.4, 0.5) is 0 Å². The van der Waals surface area contributed by atoms with Crippen molar-refractivity contribution in [1.29, 1.82) is 0 Å². The maximum atomic E-state index is 8.91. The second-order valence-electron chi connectivity index (χ2n) is 2.48. The maximum Gasteiger partial charge on any atom is 0.137 e. The van der Waals surface area contributed by atoms with E-state index in [4.69, 9.17) is 26.1 Å². The average Bonchev–Trinajstić information content (AvgIpc) is 2.16. The number of hydrogen-bond acceptors (Lipinski definition) is 4. The van der Waals surface area contributed by atoms with Crippen LogP contribution in [0, 0.1) is 12.3 Å². The zero-order valence-corrected chi connectivity index (χ0v) is 7.77. The Labute approximate surface area is 78.5 Å². The van der Waals surface area contributed by atoms with Gasteiger partial charge in [0.25, 0.3) is 0 Å². The summed E-state index contributed by atoms with van der Waals surface area (Å²) in [7, 11) is 0. The number of aliphatic hydroxyl groups excluding tert-OH is 2. The van der Waals surface area contributed by atoms with E-state index in [1.807, 2.05) is 6.92 Å². The lowest BCUT2D eigenvalue weighted by atomic mass is 10.4. The molecule has 76 valence electrons. The van der Waals surface area contributed by atoms with Gasteiger partial charge >= 0.3 is 0 Å². The van der Waals surface area contributed by atoms with Crippen molar-refractivity contribution < 1.29 is 19.7 Å². The Morgan fingerprint density at radius 3 is 2.62 bits per heavy atom. The van der Waals surface area contributed by atoms with Crippen LogP contribution in [0.1, 0.15) is 6.92 Å². The van der Waals surface area contributed by atoms with Gasteiger partial charge in [-0.05, 0) is 6.92 Å². The summed E-state index contributed by atoms with van der Waals surface area (Å²) in [4.78, 5) is 0. The van der Waals surface area contributed by atoms with E-state index in [-0.39, 0.29) is 25.9 Å². The molecule has 2 atom stereocenters. The summed E-state index contributed by atoms with van der Waals surface area (Å²) in [5.41, 5.74) is 0. The van der Waals surface area contributed by atoms with Gasteiger partial charge in [0.05, 0.1) is 19.8 Å². The molecule has 0 aliphatic rings. The van der Waals surface area contributed by atoms with Crippen LogP contribution in [-0.2, 0) is 9.47 Å². The molecule has 0 radical (unpaired) electrons. The molecule has 0 rings (SSSR count). The SMILES string of the molecule is C#CC(O)COCC(CO)OCC. The topological polar surface area (TPSA) is 58.9 Å². The lowest BCUT2D eigenvalue weighted by molar-refractivity contribution is -0.0486. The molecule has 0 saturated heterocycles. The fraction of sp³-hybridized carbons (Fsp3) is 0.778. The predicted octanol–water partition coefficient (Wildman–Crippen LogP) is -0.606. The molecular weight excluding hydrogens is 172 g/mol. The van der Waals surface area contributed by atoms with Crippen molar-refractivity contribution in [2.24, 2.45) is 0 Å². The molecule has 0 aromatic rings. The van der Waals surface area contributed by atoms with Crippen molar-refractivity contribution >= 4 is 0 Å². The number of aliphatic hydroxyl groups is 2. The smallest absolute Gasteiger partial charge is 0.137 e. The maximum absolute atomic E-state index is 8.91. The molecule has 0 spiro atoms. The van der Waals surface area contributed by atoms with Gasteiger partial charge in [-0.15, -0.1) is 6.42 Å². The summed E-state index contributed by atoms with van der Waals surface area (Å²) in [6, 6.07) is 0. The highest BCUT2D eigenvalue weighted by Gasteiger charge is 2.07. The molecule has 0 aromatic carbocycles. The first-order valence-corrected chi connectivity index (χ1v) is 4.19. The van der Waals surface area contributed by atoms with Crippen molar-refractivity contribution in [3.05, 3.63) is 0 Å². The predicted molar refractivity (Wildman–Crippen MR) is 48.2 cm³/mol. The van der Waals surface area contributed by atoms with Crippen LogP contribution in [0.3, 0.4) is 0 Å². The molecule has 0 bridgehead atoms. The van der Waals surface area contributed by atoms with Gasteiger partial charge in [-0.3, -0.25) is 0 Å². The summed E-state index contributed by atoms with van der Waals surface area (Å²) >= 11 is 0. The van der Waals surface area contributed by atoms with Crippen molar-refractivity contribution in [2.45, 2.75) is 19.1 Å². The van der Waals surface area contributed by atoms with Crippen molar-refractivity contribution in [3.8, 4) is 12.3 Å². The zero-order valence-electron chi connectivity index (χ0n) is 7.77. The number of hydrogen-bond donors (Lipinski definition) is 2. The first-order chi connectivity index (χ1) is 6.24. The van der Waals surface area contributed by atoms with Gasteiger partial charge in [0.2, 0.25) is 0 Å². The lowest BCUT2D eigenvalue weighted by Gasteiger charge is -2.14. The van der Waals surface area contributed by atoms with Gasteiger partial charge in [-0.1, -0.05) is 5.92 Å². The van der Waals surface area contributed by atoms with Crippen molar-refractivity contribution in [3.63, 3.8) is 0 Å². The minimum Gasteiger partial charge on any atom is -0.394 e. The minimum atomic E-state index is -0.888. The van der Waals surface area contributed by atoms with Gasteiger partial charge < -0.3 is 19.7 Å². The van der Waals surface area contributed by atoms with Crippen LogP contribution in [0.2, 0.25) is 0 Å². The molecule has 0 aliphatic carbocycles. The molecule has 0 heterocycles. The van der Waals surface area contributed by atoms with Crippen LogP contribution in [0.15, 0.2) is 0 Å². The lowest BCUT2D eigenvalue weighted by Crippen LogP contribution is -2.26. The molecule has 2 N–H and O–H groups in total. The number of terminal acetylenes is 1. The first kappa shape index (κ1) is 12.4. The summed E-state index contributed by atoms with van der Waals surface area (Å²) in [5, 5.41) is 17.7. The van der Waals surface area contributed by atoms with E-state index in [1.54, 1.807) is 0 Å². The van der Waals surface area contributed by atoms with Gasteiger partial charge in [0.15, 0.2) is 0 Å². The monoisotopic (exact) mass is 188 g/mol. The minimum absolute atomic E-state index is 0.0695. The fourth-order valence-corrected chi connectivity index (χ4v) is 0.748. The molecule has 0 fully saturated rings. The first-order valence-electron chi connectivity index (χ1n) is 4.19. The zero-order chi connectivity index (χ0) is 10.1. The Hall–Kier alpha value is -0.600. The highest BCUT2D eigenvalue weighted by atomic mass is 16.5. The fourth-order valence-electron chi connectivity index (χ4n) is 0.748. The Bertz CT molecular complexity index is 152. The quantitative estimate of drug-likeness (QED) is 0.523. The Kier molecular flexibility index (Phi) is 7.65. The van der Waals surface area contributed by atoms with E-state index < -0.39 is 6.10 Å². The third-order valence-electron chi connectivity index (χ3n) is 1.38. The van der Waals surface area contributed by atoms with E-state index >= 15 is 0 Å². The summed E-state index contributed by atoms with van der Waals surface area (Å²) in [5.74, 6) is 2.12. The van der Waals surface area contributed by atoms with E-state index in [1.165, 1.54) is 0 Å². The van der Waals surface area contributed by atoms with E-state index in [2.05, 4.69) is 5.92 Å². The summed E-state index contributed by atoms with van der Waals surface area (Å²) in [6.07, 6.45) is 3.69. The summed E-state index contributed by atoms with van der Waals surface area (Å²) in [6.45, 7) is 2.56. The molecule has 0 aromatic heterocycles. The van der Waals surface area contributed by atoms with E-state index in [0.29, 0.717) is 6.61 Å². The molecular formula is C9H16O4. The van der Waals surface area contributed by atoms with Gasteiger partial charge in [-0.25, -0.2) is 0 Å². The van der Waals surface area contributed by atoms with E-state index in [9.17, 15) is 0 Å². The molecule has 13 heavy (non-hydrogen) atoms. The Balaban J connectivity index is 3.44. The van der Waals surface area contributed by atoms with Crippen LogP contribution in [0.25, 0.3) is 0 Å². The average molecular weight is 188 g/mol. The van der Waals surface area contributed by atoms with Crippen molar-refractivity contribution in [1.82, 2.24) is 0 Å². The van der Waals surface area contributed by atoms with Crippen LogP contribution < -0.4 is 0 Å². The number of rotatable bonds is 7.